The van der Waals surface area contributed by atoms with Gasteiger partial charge in [0, 0.05) is 25.2 Å². The van der Waals surface area contributed by atoms with Crippen LogP contribution in [0.25, 0.3) is 0 Å². The molecular formula is C15H35N3O. The summed E-state index contributed by atoms with van der Waals surface area (Å²) in [6, 6.07) is 0.700. The highest BCUT2D eigenvalue weighted by atomic mass is 16.5. The highest BCUT2D eigenvalue weighted by Gasteiger charge is 2.19. The molecule has 0 saturated carbocycles. The van der Waals surface area contributed by atoms with Crippen molar-refractivity contribution in [3.63, 3.8) is 0 Å². The Hall–Kier alpha value is -0.160. The molecule has 116 valence electrons. The Balaban J connectivity index is 3.84. The summed E-state index contributed by atoms with van der Waals surface area (Å²) in [5, 5.41) is 6.74. The molecule has 0 heterocycles. The van der Waals surface area contributed by atoms with E-state index in [4.69, 9.17) is 10.5 Å². The zero-order chi connectivity index (χ0) is 14.9. The van der Waals surface area contributed by atoms with E-state index in [0.717, 1.165) is 26.0 Å². The lowest BCUT2D eigenvalue weighted by Crippen LogP contribution is -2.49. The first-order valence-corrected chi connectivity index (χ1v) is 7.57. The Bertz CT molecular complexity index is 215. The van der Waals surface area contributed by atoms with E-state index in [9.17, 15) is 0 Å². The van der Waals surface area contributed by atoms with Gasteiger partial charge in [-0.25, -0.2) is 0 Å². The summed E-state index contributed by atoms with van der Waals surface area (Å²) >= 11 is 0. The largest absolute Gasteiger partial charge is 0.376 e. The van der Waals surface area contributed by atoms with Gasteiger partial charge in [-0.1, -0.05) is 13.8 Å². The average Bonchev–Trinajstić information content (AvgIpc) is 2.29. The first-order chi connectivity index (χ1) is 8.82. The molecule has 0 fully saturated rings. The van der Waals surface area contributed by atoms with Gasteiger partial charge in [0.25, 0.3) is 0 Å². The van der Waals surface area contributed by atoms with E-state index in [2.05, 4.69) is 45.3 Å². The molecule has 4 heteroatoms. The maximum absolute atomic E-state index is 5.95. The fourth-order valence-corrected chi connectivity index (χ4v) is 1.96. The lowest BCUT2D eigenvalue weighted by molar-refractivity contribution is -0.0276. The predicted molar refractivity (Wildman–Crippen MR) is 83.5 cm³/mol. The van der Waals surface area contributed by atoms with Crippen LogP contribution in [0.4, 0.5) is 0 Å². The highest BCUT2D eigenvalue weighted by molar-refractivity contribution is 4.79. The molecule has 0 aliphatic rings. The van der Waals surface area contributed by atoms with Crippen molar-refractivity contribution in [3.05, 3.63) is 0 Å². The second-order valence-electron chi connectivity index (χ2n) is 6.41. The molecule has 0 saturated heterocycles. The van der Waals surface area contributed by atoms with Crippen molar-refractivity contribution in [3.8, 4) is 0 Å². The van der Waals surface area contributed by atoms with Crippen LogP contribution >= 0.6 is 0 Å². The maximum Gasteiger partial charge on any atom is 0.0638 e. The summed E-state index contributed by atoms with van der Waals surface area (Å²) in [5.74, 6) is 0.704. The number of nitrogens with two attached hydrogens (primary N) is 1. The Morgan fingerprint density at radius 2 is 1.84 bits per heavy atom. The monoisotopic (exact) mass is 273 g/mol. The third kappa shape index (κ3) is 9.38. The van der Waals surface area contributed by atoms with Crippen molar-refractivity contribution in [1.29, 1.82) is 0 Å². The molecular weight excluding hydrogens is 238 g/mol. The fourth-order valence-electron chi connectivity index (χ4n) is 1.96. The summed E-state index contributed by atoms with van der Waals surface area (Å²) in [4.78, 5) is 0. The standard InChI is InChI=1S/C15H35N3O/c1-12(2)7-10-19-15(4,5)8-9-18-13(3)14(11-16)17-6/h12-14,17-18H,7-11,16H2,1-6H3. The molecule has 0 aromatic rings. The second kappa shape index (κ2) is 9.70. The molecule has 0 spiro atoms. The Kier molecular flexibility index (Phi) is 9.62. The Morgan fingerprint density at radius 1 is 1.21 bits per heavy atom. The normalized spacial score (nSPS) is 15.8. The lowest BCUT2D eigenvalue weighted by atomic mass is 10.0. The molecule has 0 radical (unpaired) electrons. The molecule has 0 aromatic carbocycles. The minimum absolute atomic E-state index is 0.0561. The van der Waals surface area contributed by atoms with Crippen molar-refractivity contribution in [2.24, 2.45) is 11.7 Å². The zero-order valence-electron chi connectivity index (χ0n) is 13.8. The van der Waals surface area contributed by atoms with Gasteiger partial charge in [0.2, 0.25) is 0 Å². The number of rotatable bonds is 11. The summed E-state index contributed by atoms with van der Waals surface area (Å²) in [6.07, 6.45) is 2.14. The van der Waals surface area contributed by atoms with Crippen LogP contribution in [-0.2, 0) is 4.74 Å². The quantitative estimate of drug-likeness (QED) is 0.537. The van der Waals surface area contributed by atoms with Crippen LogP contribution < -0.4 is 16.4 Å². The van der Waals surface area contributed by atoms with Crippen LogP contribution in [0.15, 0.2) is 0 Å². The van der Waals surface area contributed by atoms with E-state index >= 15 is 0 Å². The molecule has 19 heavy (non-hydrogen) atoms. The molecule has 4 N–H and O–H groups in total. The minimum atomic E-state index is -0.0561. The second-order valence-corrected chi connectivity index (χ2v) is 6.41. The molecule has 0 aromatic heterocycles. The van der Waals surface area contributed by atoms with Gasteiger partial charge >= 0.3 is 0 Å². The maximum atomic E-state index is 5.95. The number of likely N-dealkylation sites (N-methyl/N-ethyl adjacent to an activating group) is 1. The molecule has 0 bridgehead atoms. The fraction of sp³-hybridized carbons (Fsp3) is 1.00. The first-order valence-electron chi connectivity index (χ1n) is 7.57. The van der Waals surface area contributed by atoms with E-state index in [0.29, 0.717) is 24.5 Å². The van der Waals surface area contributed by atoms with Crippen molar-refractivity contribution < 1.29 is 4.74 Å². The van der Waals surface area contributed by atoms with E-state index < -0.39 is 0 Å². The first kappa shape index (κ1) is 18.8. The molecule has 2 atom stereocenters. The topological polar surface area (TPSA) is 59.3 Å². The van der Waals surface area contributed by atoms with Gasteiger partial charge in [-0.05, 0) is 53.1 Å². The van der Waals surface area contributed by atoms with Crippen LogP contribution in [0.5, 0.6) is 0 Å². The number of hydrogen-bond acceptors (Lipinski definition) is 4. The van der Waals surface area contributed by atoms with Gasteiger partial charge in [-0.15, -0.1) is 0 Å². The van der Waals surface area contributed by atoms with Crippen molar-refractivity contribution >= 4 is 0 Å². The number of hydrogen-bond donors (Lipinski definition) is 3. The Morgan fingerprint density at radius 3 is 2.32 bits per heavy atom. The van der Waals surface area contributed by atoms with Gasteiger partial charge in [0.15, 0.2) is 0 Å². The summed E-state index contributed by atoms with van der Waals surface area (Å²) in [6.45, 7) is 13.4. The molecule has 0 amide bonds. The van der Waals surface area contributed by atoms with E-state index in [-0.39, 0.29) is 5.60 Å². The average molecular weight is 273 g/mol. The molecule has 0 aliphatic heterocycles. The van der Waals surface area contributed by atoms with Crippen molar-refractivity contribution in [1.82, 2.24) is 10.6 Å². The van der Waals surface area contributed by atoms with Crippen molar-refractivity contribution in [2.45, 2.75) is 65.1 Å². The third-order valence-electron chi connectivity index (χ3n) is 3.61. The van der Waals surface area contributed by atoms with Crippen LogP contribution in [-0.4, -0.2) is 44.4 Å². The third-order valence-corrected chi connectivity index (χ3v) is 3.61. The highest BCUT2D eigenvalue weighted by Crippen LogP contribution is 2.15. The smallest absolute Gasteiger partial charge is 0.0638 e. The van der Waals surface area contributed by atoms with Gasteiger partial charge < -0.3 is 21.1 Å². The summed E-state index contributed by atoms with van der Waals surface area (Å²) in [7, 11) is 1.95. The predicted octanol–water partition coefficient (Wildman–Crippen LogP) is 1.74. The zero-order valence-corrected chi connectivity index (χ0v) is 13.8. The van der Waals surface area contributed by atoms with Crippen LogP contribution in [0.2, 0.25) is 0 Å². The SMILES string of the molecule is CNC(CN)C(C)NCCC(C)(C)OCCC(C)C. The summed E-state index contributed by atoms with van der Waals surface area (Å²) < 4.78 is 5.95. The van der Waals surface area contributed by atoms with Gasteiger partial charge in [-0.3, -0.25) is 0 Å². The minimum Gasteiger partial charge on any atom is -0.376 e. The summed E-state index contributed by atoms with van der Waals surface area (Å²) in [5.41, 5.74) is 5.65. The molecule has 0 rings (SSSR count). The molecule has 4 nitrogen and oxygen atoms in total. The molecule has 2 unspecified atom stereocenters. The van der Waals surface area contributed by atoms with Gasteiger partial charge in [0.1, 0.15) is 0 Å². The van der Waals surface area contributed by atoms with E-state index in [1.165, 1.54) is 0 Å². The van der Waals surface area contributed by atoms with E-state index in [1.54, 1.807) is 0 Å². The number of ether oxygens (including phenoxy) is 1. The lowest BCUT2D eigenvalue weighted by Gasteiger charge is -2.28. The molecule has 0 aliphatic carbocycles. The Labute approximate surface area is 119 Å². The van der Waals surface area contributed by atoms with Gasteiger partial charge in [0.05, 0.1) is 5.60 Å². The number of nitrogens with one attached hydrogen (secondary N) is 2. The van der Waals surface area contributed by atoms with Crippen LogP contribution in [0.1, 0.15) is 47.5 Å². The van der Waals surface area contributed by atoms with Gasteiger partial charge in [-0.2, -0.15) is 0 Å². The van der Waals surface area contributed by atoms with Crippen LogP contribution in [0.3, 0.4) is 0 Å². The van der Waals surface area contributed by atoms with E-state index in [1.807, 2.05) is 7.05 Å². The van der Waals surface area contributed by atoms with Crippen molar-refractivity contribution in [2.75, 3.05) is 26.7 Å². The van der Waals surface area contributed by atoms with Crippen LogP contribution in [0, 0.1) is 5.92 Å².